The number of urea groups is 1. The van der Waals surface area contributed by atoms with Gasteiger partial charge in [0.05, 0.1) is 21.3 Å². The van der Waals surface area contributed by atoms with Crippen molar-refractivity contribution in [2.45, 2.75) is 19.4 Å². The Kier molecular flexibility index (Phi) is 4.97. The Labute approximate surface area is 156 Å². The van der Waals surface area contributed by atoms with Gasteiger partial charge in [-0.15, -0.1) is 0 Å². The molecule has 1 aliphatic heterocycles. The number of ether oxygens (including phenoxy) is 2. The number of halogens is 2. The molecule has 5 nitrogen and oxygen atoms in total. The molecule has 0 unspecified atom stereocenters. The van der Waals surface area contributed by atoms with Crippen molar-refractivity contribution in [3.63, 3.8) is 0 Å². The topological polar surface area (TPSA) is 59.6 Å². The first-order chi connectivity index (χ1) is 11.9. The smallest absolute Gasteiger partial charge is 0.320 e. The Hall–Kier alpha value is -2.11. The van der Waals surface area contributed by atoms with Gasteiger partial charge < -0.3 is 20.1 Å². The number of hydrogen-bond donors (Lipinski definition) is 2. The van der Waals surface area contributed by atoms with Crippen LogP contribution in [0.25, 0.3) is 0 Å². The Balaban J connectivity index is 1.75. The van der Waals surface area contributed by atoms with E-state index in [1.807, 2.05) is 19.9 Å². The summed E-state index contributed by atoms with van der Waals surface area (Å²) in [5.74, 6) is 1.16. The van der Waals surface area contributed by atoms with E-state index in [1.165, 1.54) is 0 Å². The summed E-state index contributed by atoms with van der Waals surface area (Å²) < 4.78 is 11.1. The largest absolute Gasteiger partial charge is 0.486 e. The maximum Gasteiger partial charge on any atom is 0.320 e. The monoisotopic (exact) mass is 380 g/mol. The summed E-state index contributed by atoms with van der Waals surface area (Å²) in [6.07, 6.45) is 0. The highest BCUT2D eigenvalue weighted by Gasteiger charge is 2.25. The summed E-state index contributed by atoms with van der Waals surface area (Å²) in [6.45, 7) is 4.70. The molecule has 0 atom stereocenters. The number of rotatable bonds is 3. The molecule has 3 rings (SSSR count). The number of para-hydroxylation sites is 1. The Bertz CT molecular complexity index is 809. The molecule has 132 valence electrons. The van der Waals surface area contributed by atoms with Crippen LogP contribution in [0.1, 0.15) is 19.4 Å². The van der Waals surface area contributed by atoms with Crippen molar-refractivity contribution in [2.24, 2.45) is 0 Å². The molecule has 0 aliphatic carbocycles. The SMILES string of the molecule is CC(C)(NC(=O)Nc1cccc2c1OCCO2)c1ccc(Cl)c(Cl)c1. The van der Waals surface area contributed by atoms with Gasteiger partial charge in [-0.05, 0) is 43.7 Å². The van der Waals surface area contributed by atoms with Gasteiger partial charge in [0.25, 0.3) is 0 Å². The number of nitrogens with one attached hydrogen (secondary N) is 2. The first-order valence-electron chi connectivity index (χ1n) is 7.80. The third kappa shape index (κ3) is 3.94. The van der Waals surface area contributed by atoms with Gasteiger partial charge in [-0.25, -0.2) is 4.79 Å². The molecule has 0 aromatic heterocycles. The first kappa shape index (κ1) is 17.7. The fraction of sp³-hybridized carbons (Fsp3) is 0.278. The van der Waals surface area contributed by atoms with Crippen molar-refractivity contribution in [1.29, 1.82) is 0 Å². The lowest BCUT2D eigenvalue weighted by Gasteiger charge is -2.28. The van der Waals surface area contributed by atoms with Gasteiger partial charge in [-0.1, -0.05) is 35.3 Å². The maximum atomic E-state index is 12.5. The van der Waals surface area contributed by atoms with Gasteiger partial charge in [0.1, 0.15) is 13.2 Å². The van der Waals surface area contributed by atoms with Crippen molar-refractivity contribution >= 4 is 34.9 Å². The molecule has 0 bridgehead atoms. The minimum atomic E-state index is -0.648. The van der Waals surface area contributed by atoms with E-state index in [2.05, 4.69) is 10.6 Å². The van der Waals surface area contributed by atoms with Crippen molar-refractivity contribution in [1.82, 2.24) is 5.32 Å². The third-order valence-electron chi connectivity index (χ3n) is 3.88. The number of anilines is 1. The summed E-state index contributed by atoms with van der Waals surface area (Å²) in [5.41, 5.74) is 0.746. The van der Waals surface area contributed by atoms with Crippen LogP contribution in [0.2, 0.25) is 10.0 Å². The highest BCUT2D eigenvalue weighted by atomic mass is 35.5. The van der Waals surface area contributed by atoms with Crippen LogP contribution < -0.4 is 20.1 Å². The second-order valence-electron chi connectivity index (χ2n) is 6.16. The summed E-state index contributed by atoms with van der Waals surface area (Å²) in [6, 6.07) is 10.3. The van der Waals surface area contributed by atoms with E-state index in [0.29, 0.717) is 40.4 Å². The van der Waals surface area contributed by atoms with Crippen LogP contribution in [-0.2, 0) is 5.54 Å². The molecule has 7 heteroatoms. The lowest BCUT2D eigenvalue weighted by molar-refractivity contribution is 0.172. The number of hydrogen-bond acceptors (Lipinski definition) is 3. The second-order valence-corrected chi connectivity index (χ2v) is 6.98. The number of fused-ring (bicyclic) bond motifs is 1. The molecule has 0 saturated heterocycles. The maximum absolute atomic E-state index is 12.5. The molecular weight excluding hydrogens is 363 g/mol. The predicted molar refractivity (Wildman–Crippen MR) is 99.1 cm³/mol. The summed E-state index contributed by atoms with van der Waals surface area (Å²) >= 11 is 12.0. The normalized spacial score (nSPS) is 13.3. The quantitative estimate of drug-likeness (QED) is 0.801. The van der Waals surface area contributed by atoms with Crippen molar-refractivity contribution < 1.29 is 14.3 Å². The average molecular weight is 381 g/mol. The number of carbonyl (C=O) groups is 1. The minimum absolute atomic E-state index is 0.362. The van der Waals surface area contributed by atoms with Gasteiger partial charge in [0.2, 0.25) is 0 Å². The molecular formula is C18H18Cl2N2O3. The predicted octanol–water partition coefficient (Wildman–Crippen LogP) is 4.82. The van der Waals surface area contributed by atoms with E-state index in [-0.39, 0.29) is 6.03 Å². The van der Waals surface area contributed by atoms with E-state index in [9.17, 15) is 4.79 Å². The molecule has 1 heterocycles. The number of amides is 2. The van der Waals surface area contributed by atoms with Gasteiger partial charge >= 0.3 is 6.03 Å². The molecule has 0 spiro atoms. The third-order valence-corrected chi connectivity index (χ3v) is 4.62. The molecule has 0 saturated carbocycles. The molecule has 2 amide bonds. The van der Waals surface area contributed by atoms with E-state index >= 15 is 0 Å². The minimum Gasteiger partial charge on any atom is -0.486 e. The van der Waals surface area contributed by atoms with E-state index < -0.39 is 5.54 Å². The average Bonchev–Trinajstić information content (AvgIpc) is 2.57. The van der Waals surface area contributed by atoms with E-state index in [1.54, 1.807) is 30.3 Å². The Morgan fingerprint density at radius 1 is 1.08 bits per heavy atom. The molecule has 2 N–H and O–H groups in total. The van der Waals surface area contributed by atoms with Crippen molar-refractivity contribution in [3.05, 3.63) is 52.0 Å². The summed E-state index contributed by atoms with van der Waals surface area (Å²) in [5, 5.41) is 6.65. The van der Waals surface area contributed by atoms with Gasteiger partial charge in [0.15, 0.2) is 11.5 Å². The van der Waals surface area contributed by atoms with Gasteiger partial charge in [-0.2, -0.15) is 0 Å². The van der Waals surface area contributed by atoms with Crippen LogP contribution >= 0.6 is 23.2 Å². The first-order valence-corrected chi connectivity index (χ1v) is 8.56. The van der Waals surface area contributed by atoms with Crippen LogP contribution in [0, 0.1) is 0 Å². The zero-order valence-electron chi connectivity index (χ0n) is 13.9. The molecule has 0 fully saturated rings. The van der Waals surface area contributed by atoms with E-state index in [4.69, 9.17) is 32.7 Å². The number of carbonyl (C=O) groups excluding carboxylic acids is 1. The highest BCUT2D eigenvalue weighted by Crippen LogP contribution is 2.37. The second kappa shape index (κ2) is 7.02. The Morgan fingerprint density at radius 2 is 1.84 bits per heavy atom. The van der Waals surface area contributed by atoms with Crippen molar-refractivity contribution in [2.75, 3.05) is 18.5 Å². The summed E-state index contributed by atoms with van der Waals surface area (Å²) in [7, 11) is 0. The zero-order chi connectivity index (χ0) is 18.0. The fourth-order valence-corrected chi connectivity index (χ4v) is 2.86. The van der Waals surface area contributed by atoms with Crippen LogP contribution in [0.15, 0.2) is 36.4 Å². The molecule has 25 heavy (non-hydrogen) atoms. The summed E-state index contributed by atoms with van der Waals surface area (Å²) in [4.78, 5) is 12.5. The standard InChI is InChI=1S/C18H18Cl2N2O3/c1-18(2,11-6-7-12(19)13(20)10-11)22-17(23)21-14-4-3-5-15-16(14)25-9-8-24-15/h3-7,10H,8-9H2,1-2H3,(H2,21,22,23). The van der Waals surface area contributed by atoms with Crippen LogP contribution in [0.4, 0.5) is 10.5 Å². The van der Waals surface area contributed by atoms with Crippen molar-refractivity contribution in [3.8, 4) is 11.5 Å². The van der Waals surface area contributed by atoms with Gasteiger partial charge in [0, 0.05) is 0 Å². The fourth-order valence-electron chi connectivity index (χ4n) is 2.57. The number of benzene rings is 2. The Morgan fingerprint density at radius 3 is 2.60 bits per heavy atom. The highest BCUT2D eigenvalue weighted by molar-refractivity contribution is 6.42. The lowest BCUT2D eigenvalue weighted by Crippen LogP contribution is -2.43. The van der Waals surface area contributed by atoms with Gasteiger partial charge in [-0.3, -0.25) is 0 Å². The zero-order valence-corrected chi connectivity index (χ0v) is 15.4. The molecule has 0 radical (unpaired) electrons. The lowest BCUT2D eigenvalue weighted by atomic mass is 9.94. The van der Waals surface area contributed by atoms with E-state index in [0.717, 1.165) is 5.56 Å². The van der Waals surface area contributed by atoms with Crippen LogP contribution in [0.3, 0.4) is 0 Å². The van der Waals surface area contributed by atoms with Crippen LogP contribution in [0.5, 0.6) is 11.5 Å². The molecule has 2 aromatic carbocycles. The molecule has 2 aromatic rings. The molecule has 1 aliphatic rings. The van der Waals surface area contributed by atoms with Crippen LogP contribution in [-0.4, -0.2) is 19.2 Å².